The van der Waals surface area contributed by atoms with E-state index in [1.165, 1.54) is 11.8 Å². The number of hydrogen-bond donors (Lipinski definition) is 2. The number of benzene rings is 2. The SMILES string of the molecule is CCn1c(SC(C)C(=O)NC(=O)NCc2ccccc2)nc2ccccc21. The standard InChI is InChI=1S/C20H22N4O2S/c1-3-24-17-12-8-7-11-16(17)22-20(24)27-14(2)18(25)23-19(26)21-13-15-9-5-4-6-10-15/h4-12,14H,3,13H2,1-2H3,(H2,21,23,25,26). The van der Waals surface area contributed by atoms with E-state index in [0.29, 0.717) is 6.54 Å². The number of urea groups is 1. The summed E-state index contributed by atoms with van der Waals surface area (Å²) in [6.45, 7) is 4.94. The minimum Gasteiger partial charge on any atom is -0.334 e. The molecule has 3 aromatic rings. The molecule has 1 unspecified atom stereocenters. The van der Waals surface area contributed by atoms with E-state index in [4.69, 9.17) is 0 Å². The molecule has 27 heavy (non-hydrogen) atoms. The number of rotatable bonds is 6. The highest BCUT2D eigenvalue weighted by molar-refractivity contribution is 8.00. The van der Waals surface area contributed by atoms with Gasteiger partial charge >= 0.3 is 6.03 Å². The lowest BCUT2D eigenvalue weighted by molar-refractivity contribution is -0.119. The van der Waals surface area contributed by atoms with E-state index in [-0.39, 0.29) is 5.91 Å². The molecule has 0 radical (unpaired) electrons. The van der Waals surface area contributed by atoms with Crippen LogP contribution in [0.3, 0.4) is 0 Å². The van der Waals surface area contributed by atoms with Crippen molar-refractivity contribution in [2.24, 2.45) is 0 Å². The van der Waals surface area contributed by atoms with Crippen LogP contribution in [0.2, 0.25) is 0 Å². The lowest BCUT2D eigenvalue weighted by Crippen LogP contribution is -2.42. The second-order valence-corrected chi connectivity index (χ2v) is 7.35. The van der Waals surface area contributed by atoms with E-state index in [1.54, 1.807) is 6.92 Å². The summed E-state index contributed by atoms with van der Waals surface area (Å²) in [7, 11) is 0. The van der Waals surface area contributed by atoms with Gasteiger partial charge in [0.1, 0.15) is 0 Å². The number of amides is 3. The highest BCUT2D eigenvalue weighted by Gasteiger charge is 2.20. The molecule has 140 valence electrons. The smallest absolute Gasteiger partial charge is 0.321 e. The predicted molar refractivity (Wildman–Crippen MR) is 108 cm³/mol. The van der Waals surface area contributed by atoms with Gasteiger partial charge in [0, 0.05) is 13.1 Å². The third-order valence-corrected chi connectivity index (χ3v) is 5.21. The first kappa shape index (κ1) is 19.0. The van der Waals surface area contributed by atoms with Gasteiger partial charge in [0.15, 0.2) is 5.16 Å². The Morgan fingerprint density at radius 1 is 1.11 bits per heavy atom. The summed E-state index contributed by atoms with van der Waals surface area (Å²) in [5, 5.41) is 5.41. The van der Waals surface area contributed by atoms with Crippen LogP contribution in [0, 0.1) is 0 Å². The van der Waals surface area contributed by atoms with Crippen molar-refractivity contribution in [1.29, 1.82) is 0 Å². The normalized spacial score (nSPS) is 11.9. The number of thioether (sulfide) groups is 1. The van der Waals surface area contributed by atoms with Crippen LogP contribution in [0.15, 0.2) is 59.8 Å². The lowest BCUT2D eigenvalue weighted by Gasteiger charge is -2.12. The summed E-state index contributed by atoms with van der Waals surface area (Å²) >= 11 is 1.34. The molecule has 3 rings (SSSR count). The zero-order valence-electron chi connectivity index (χ0n) is 15.3. The number of fused-ring (bicyclic) bond motifs is 1. The molecule has 0 aliphatic carbocycles. The van der Waals surface area contributed by atoms with Crippen molar-refractivity contribution in [3.05, 3.63) is 60.2 Å². The second-order valence-electron chi connectivity index (χ2n) is 6.04. The number of imide groups is 1. The maximum atomic E-state index is 12.4. The average Bonchev–Trinajstić information content (AvgIpc) is 3.04. The minimum atomic E-state index is -0.500. The van der Waals surface area contributed by atoms with Crippen LogP contribution in [0.25, 0.3) is 11.0 Å². The Hall–Kier alpha value is -2.80. The first-order chi connectivity index (χ1) is 13.1. The molecule has 0 bridgehead atoms. The molecule has 0 saturated heterocycles. The fourth-order valence-electron chi connectivity index (χ4n) is 2.70. The van der Waals surface area contributed by atoms with Gasteiger partial charge in [0.25, 0.3) is 0 Å². The number of carbonyl (C=O) groups excluding carboxylic acids is 2. The third-order valence-electron chi connectivity index (χ3n) is 4.12. The molecule has 0 aliphatic heterocycles. The van der Waals surface area contributed by atoms with Gasteiger partial charge < -0.3 is 9.88 Å². The van der Waals surface area contributed by atoms with E-state index in [2.05, 4.69) is 20.2 Å². The maximum Gasteiger partial charge on any atom is 0.321 e. The molecule has 2 N–H and O–H groups in total. The molecule has 1 aromatic heterocycles. The van der Waals surface area contributed by atoms with Gasteiger partial charge in [-0.25, -0.2) is 9.78 Å². The number of aromatic nitrogens is 2. The number of imidazole rings is 1. The first-order valence-corrected chi connectivity index (χ1v) is 9.71. The molecular formula is C20H22N4O2S. The number of nitrogens with one attached hydrogen (secondary N) is 2. The molecule has 6 nitrogen and oxygen atoms in total. The monoisotopic (exact) mass is 382 g/mol. The number of para-hydroxylation sites is 2. The Morgan fingerprint density at radius 3 is 2.56 bits per heavy atom. The zero-order valence-corrected chi connectivity index (χ0v) is 16.1. The van der Waals surface area contributed by atoms with E-state index < -0.39 is 11.3 Å². The van der Waals surface area contributed by atoms with E-state index in [9.17, 15) is 9.59 Å². The molecule has 1 heterocycles. The Morgan fingerprint density at radius 2 is 1.81 bits per heavy atom. The Bertz CT molecular complexity index is 940. The summed E-state index contributed by atoms with van der Waals surface area (Å²) in [6, 6.07) is 16.9. The van der Waals surface area contributed by atoms with Crippen LogP contribution >= 0.6 is 11.8 Å². The molecule has 0 spiro atoms. The van der Waals surface area contributed by atoms with Gasteiger partial charge in [-0.15, -0.1) is 0 Å². The number of carbonyl (C=O) groups is 2. The third kappa shape index (κ3) is 4.68. The molecular weight excluding hydrogens is 360 g/mol. The zero-order chi connectivity index (χ0) is 19.2. The van der Waals surface area contributed by atoms with Crippen LogP contribution in [-0.4, -0.2) is 26.7 Å². The van der Waals surface area contributed by atoms with Crippen molar-refractivity contribution in [3.8, 4) is 0 Å². The molecule has 3 amide bonds. The predicted octanol–water partition coefficient (Wildman–Crippen LogP) is 3.56. The Balaban J connectivity index is 1.58. The number of nitrogens with zero attached hydrogens (tertiary/aromatic N) is 2. The average molecular weight is 382 g/mol. The van der Waals surface area contributed by atoms with Crippen molar-refractivity contribution >= 4 is 34.7 Å². The molecule has 0 fully saturated rings. The molecule has 1 atom stereocenters. The summed E-state index contributed by atoms with van der Waals surface area (Å²) < 4.78 is 2.07. The number of hydrogen-bond acceptors (Lipinski definition) is 4. The fraction of sp³-hybridized carbons (Fsp3) is 0.250. The summed E-state index contributed by atoms with van der Waals surface area (Å²) in [5.74, 6) is -0.347. The Labute approximate surface area is 162 Å². The van der Waals surface area contributed by atoms with E-state index >= 15 is 0 Å². The molecule has 2 aromatic carbocycles. The van der Waals surface area contributed by atoms with Gasteiger partial charge in [-0.05, 0) is 31.5 Å². The van der Waals surface area contributed by atoms with E-state index in [1.807, 2.05) is 61.5 Å². The molecule has 0 aliphatic rings. The number of aryl methyl sites for hydroxylation is 1. The second kappa shape index (κ2) is 8.73. The van der Waals surface area contributed by atoms with Crippen LogP contribution in [0.1, 0.15) is 19.4 Å². The summed E-state index contributed by atoms with van der Waals surface area (Å²) in [5.41, 5.74) is 2.91. The highest BCUT2D eigenvalue weighted by atomic mass is 32.2. The lowest BCUT2D eigenvalue weighted by atomic mass is 10.2. The quantitative estimate of drug-likeness (QED) is 0.639. The van der Waals surface area contributed by atoms with Gasteiger partial charge in [0.2, 0.25) is 5.91 Å². The van der Waals surface area contributed by atoms with E-state index in [0.717, 1.165) is 28.3 Å². The van der Waals surface area contributed by atoms with Crippen molar-refractivity contribution in [1.82, 2.24) is 20.2 Å². The van der Waals surface area contributed by atoms with Crippen LogP contribution < -0.4 is 10.6 Å². The molecule has 7 heteroatoms. The van der Waals surface area contributed by atoms with Gasteiger partial charge in [-0.2, -0.15) is 0 Å². The van der Waals surface area contributed by atoms with Gasteiger partial charge in [-0.3, -0.25) is 10.1 Å². The minimum absolute atomic E-state index is 0.347. The van der Waals surface area contributed by atoms with Crippen molar-refractivity contribution in [2.45, 2.75) is 37.3 Å². The van der Waals surface area contributed by atoms with Gasteiger partial charge in [0.05, 0.1) is 16.3 Å². The maximum absolute atomic E-state index is 12.4. The van der Waals surface area contributed by atoms with Gasteiger partial charge in [-0.1, -0.05) is 54.2 Å². The van der Waals surface area contributed by atoms with Crippen LogP contribution in [0.4, 0.5) is 4.79 Å². The highest BCUT2D eigenvalue weighted by Crippen LogP contribution is 2.27. The van der Waals surface area contributed by atoms with Crippen molar-refractivity contribution in [2.75, 3.05) is 0 Å². The topological polar surface area (TPSA) is 76.0 Å². The van der Waals surface area contributed by atoms with Crippen LogP contribution in [-0.2, 0) is 17.9 Å². The summed E-state index contributed by atoms with van der Waals surface area (Å²) in [4.78, 5) is 28.9. The molecule has 0 saturated carbocycles. The largest absolute Gasteiger partial charge is 0.334 e. The summed E-state index contributed by atoms with van der Waals surface area (Å²) in [6.07, 6.45) is 0. The van der Waals surface area contributed by atoms with Crippen molar-refractivity contribution < 1.29 is 9.59 Å². The van der Waals surface area contributed by atoms with Crippen LogP contribution in [0.5, 0.6) is 0 Å². The first-order valence-electron chi connectivity index (χ1n) is 8.83. The Kier molecular flexibility index (Phi) is 6.13. The fourth-order valence-corrected chi connectivity index (χ4v) is 3.68. The van der Waals surface area contributed by atoms with Crippen molar-refractivity contribution in [3.63, 3.8) is 0 Å².